The zero-order valence-electron chi connectivity index (χ0n) is 20.0. The van der Waals surface area contributed by atoms with Crippen molar-refractivity contribution >= 4 is 11.9 Å². The van der Waals surface area contributed by atoms with Crippen LogP contribution in [0.1, 0.15) is 46.0 Å². The van der Waals surface area contributed by atoms with Gasteiger partial charge in [0, 0.05) is 25.2 Å². The summed E-state index contributed by atoms with van der Waals surface area (Å²) in [5, 5.41) is 0. The number of ether oxygens (including phenoxy) is 6. The largest absolute Gasteiger partial charge is 0.494 e. The number of unbranched alkanes of at least 4 members (excludes halogenated alkanes) is 2. The summed E-state index contributed by atoms with van der Waals surface area (Å²) in [7, 11) is 0. The Morgan fingerprint density at radius 3 is 1.91 bits per heavy atom. The second kappa shape index (κ2) is 18.9. The maximum Gasteiger partial charge on any atom is 0.333 e. The van der Waals surface area contributed by atoms with Gasteiger partial charge in [0.05, 0.1) is 26.4 Å². The van der Waals surface area contributed by atoms with E-state index in [4.69, 9.17) is 28.4 Å². The summed E-state index contributed by atoms with van der Waals surface area (Å²) in [5.41, 5.74) is 0.368. The van der Waals surface area contributed by atoms with Crippen molar-refractivity contribution in [3.8, 4) is 11.5 Å². The molecule has 0 spiro atoms. The molecule has 1 aromatic rings. The van der Waals surface area contributed by atoms with Gasteiger partial charge in [0.15, 0.2) is 0 Å². The Labute approximate surface area is 197 Å². The second-order valence-corrected chi connectivity index (χ2v) is 7.28. The highest BCUT2D eigenvalue weighted by Crippen LogP contribution is 2.17. The van der Waals surface area contributed by atoms with Crippen molar-refractivity contribution in [2.45, 2.75) is 46.0 Å². The Hall–Kier alpha value is -2.58. The van der Waals surface area contributed by atoms with E-state index in [2.05, 4.69) is 6.58 Å². The highest BCUT2D eigenvalue weighted by atomic mass is 16.6. The molecular formula is C25H38O8. The zero-order valence-corrected chi connectivity index (χ0v) is 20.0. The van der Waals surface area contributed by atoms with E-state index in [9.17, 15) is 9.59 Å². The fraction of sp³-hybridized carbons (Fsp3) is 0.600. The predicted molar refractivity (Wildman–Crippen MR) is 125 cm³/mol. The summed E-state index contributed by atoms with van der Waals surface area (Å²) in [6.45, 7) is 10.8. The third kappa shape index (κ3) is 15.8. The number of hydrogen-bond acceptors (Lipinski definition) is 8. The number of rotatable bonds is 20. The lowest BCUT2D eigenvalue weighted by Gasteiger charge is -2.09. The first-order chi connectivity index (χ1) is 16.0. The van der Waals surface area contributed by atoms with Crippen LogP contribution in [-0.2, 0) is 28.5 Å². The normalized spacial score (nSPS) is 10.5. The molecule has 0 saturated carbocycles. The van der Waals surface area contributed by atoms with Crippen LogP contribution in [0.2, 0.25) is 0 Å². The lowest BCUT2D eigenvalue weighted by atomic mass is 10.2. The third-order valence-electron chi connectivity index (χ3n) is 4.31. The molecule has 0 unspecified atom stereocenters. The first kappa shape index (κ1) is 28.5. The van der Waals surface area contributed by atoms with Crippen molar-refractivity contribution in [3.05, 3.63) is 36.4 Å². The quantitative estimate of drug-likeness (QED) is 0.161. The topological polar surface area (TPSA) is 89.5 Å². The summed E-state index contributed by atoms with van der Waals surface area (Å²) in [6.07, 6.45) is 3.27. The second-order valence-electron chi connectivity index (χ2n) is 7.28. The van der Waals surface area contributed by atoms with Gasteiger partial charge in [-0.3, -0.25) is 4.79 Å². The van der Waals surface area contributed by atoms with E-state index in [1.54, 1.807) is 6.92 Å². The monoisotopic (exact) mass is 466 g/mol. The molecule has 0 N–H and O–H groups in total. The first-order valence-electron chi connectivity index (χ1n) is 11.5. The van der Waals surface area contributed by atoms with E-state index in [1.165, 1.54) is 0 Å². The molecule has 8 heteroatoms. The van der Waals surface area contributed by atoms with Gasteiger partial charge in [0.1, 0.15) is 24.7 Å². The van der Waals surface area contributed by atoms with Crippen LogP contribution < -0.4 is 9.47 Å². The molecular weight excluding hydrogens is 428 g/mol. The molecule has 8 nitrogen and oxygen atoms in total. The van der Waals surface area contributed by atoms with Crippen LogP contribution in [0.3, 0.4) is 0 Å². The van der Waals surface area contributed by atoms with Crippen molar-refractivity contribution in [2.24, 2.45) is 0 Å². The van der Waals surface area contributed by atoms with Crippen molar-refractivity contribution in [3.63, 3.8) is 0 Å². The maximum absolute atomic E-state index is 11.6. The van der Waals surface area contributed by atoms with Crippen LogP contribution in [0.4, 0.5) is 0 Å². The minimum Gasteiger partial charge on any atom is -0.494 e. The van der Waals surface area contributed by atoms with E-state index in [-0.39, 0.29) is 19.2 Å². The van der Waals surface area contributed by atoms with Crippen molar-refractivity contribution in [1.82, 2.24) is 0 Å². The van der Waals surface area contributed by atoms with Crippen LogP contribution in [0.25, 0.3) is 0 Å². The van der Waals surface area contributed by atoms with Crippen molar-refractivity contribution < 1.29 is 38.0 Å². The summed E-state index contributed by atoms with van der Waals surface area (Å²) in [5.74, 6) is 0.943. The minimum absolute atomic E-state index is 0.239. The van der Waals surface area contributed by atoms with E-state index >= 15 is 0 Å². The van der Waals surface area contributed by atoms with E-state index in [0.29, 0.717) is 64.5 Å². The Balaban J connectivity index is 1.83. The molecule has 186 valence electrons. The SMILES string of the molecule is C=C(C)C(=O)OCCCCC(=O)OCCOCCCCOCCOc1ccc(OCC)cc1. The first-order valence-corrected chi connectivity index (χ1v) is 11.5. The minimum atomic E-state index is -0.407. The molecule has 0 radical (unpaired) electrons. The molecule has 0 amide bonds. The fourth-order valence-electron chi connectivity index (χ4n) is 2.58. The Bertz CT molecular complexity index is 671. The zero-order chi connectivity index (χ0) is 24.2. The van der Waals surface area contributed by atoms with Crippen LogP contribution >= 0.6 is 0 Å². The summed E-state index contributed by atoms with van der Waals surface area (Å²) in [4.78, 5) is 22.8. The molecule has 33 heavy (non-hydrogen) atoms. The highest BCUT2D eigenvalue weighted by Gasteiger charge is 2.05. The van der Waals surface area contributed by atoms with E-state index < -0.39 is 5.97 Å². The Kier molecular flexibility index (Phi) is 16.3. The van der Waals surface area contributed by atoms with Gasteiger partial charge in [-0.1, -0.05) is 6.58 Å². The van der Waals surface area contributed by atoms with Gasteiger partial charge in [-0.05, 0) is 63.8 Å². The highest BCUT2D eigenvalue weighted by molar-refractivity contribution is 5.86. The van der Waals surface area contributed by atoms with Gasteiger partial charge in [0.25, 0.3) is 0 Å². The van der Waals surface area contributed by atoms with Crippen LogP contribution in [0, 0.1) is 0 Å². The van der Waals surface area contributed by atoms with Crippen LogP contribution in [0.15, 0.2) is 36.4 Å². The number of benzene rings is 1. The molecule has 0 fully saturated rings. The predicted octanol–water partition coefficient (Wildman–Crippen LogP) is 4.11. The summed E-state index contributed by atoms with van der Waals surface area (Å²) < 4.78 is 32.1. The smallest absolute Gasteiger partial charge is 0.333 e. The molecule has 0 bridgehead atoms. The number of carbonyl (C=O) groups is 2. The molecule has 0 heterocycles. The van der Waals surface area contributed by atoms with Gasteiger partial charge >= 0.3 is 11.9 Å². The molecule has 0 aliphatic carbocycles. The van der Waals surface area contributed by atoms with Gasteiger partial charge in [-0.15, -0.1) is 0 Å². The molecule has 1 aromatic carbocycles. The Morgan fingerprint density at radius 1 is 0.727 bits per heavy atom. The van der Waals surface area contributed by atoms with Crippen molar-refractivity contribution in [1.29, 1.82) is 0 Å². The maximum atomic E-state index is 11.6. The average molecular weight is 467 g/mol. The number of hydrogen-bond donors (Lipinski definition) is 0. The van der Waals surface area contributed by atoms with Crippen LogP contribution in [0.5, 0.6) is 11.5 Å². The lowest BCUT2D eigenvalue weighted by molar-refractivity contribution is -0.145. The summed E-state index contributed by atoms with van der Waals surface area (Å²) in [6, 6.07) is 7.52. The molecule has 0 aromatic heterocycles. The fourth-order valence-corrected chi connectivity index (χ4v) is 2.58. The van der Waals surface area contributed by atoms with Gasteiger partial charge in [-0.25, -0.2) is 4.79 Å². The van der Waals surface area contributed by atoms with Gasteiger partial charge in [-0.2, -0.15) is 0 Å². The molecule has 0 aliphatic rings. The van der Waals surface area contributed by atoms with Crippen LogP contribution in [-0.4, -0.2) is 64.8 Å². The average Bonchev–Trinajstić information content (AvgIpc) is 2.80. The number of esters is 2. The standard InChI is InChI=1S/C25H38O8/c1-4-30-22-10-12-23(13-11-22)31-19-17-28-14-7-8-15-29-18-20-32-24(26)9-5-6-16-33-25(27)21(2)3/h10-13H,2,4-9,14-20H2,1,3H3. The van der Waals surface area contributed by atoms with E-state index in [0.717, 1.165) is 24.3 Å². The third-order valence-corrected chi connectivity index (χ3v) is 4.31. The molecule has 0 atom stereocenters. The van der Waals surface area contributed by atoms with Crippen molar-refractivity contribution in [2.75, 3.05) is 52.9 Å². The summed E-state index contributed by atoms with van der Waals surface area (Å²) >= 11 is 0. The molecule has 0 saturated heterocycles. The van der Waals surface area contributed by atoms with E-state index in [1.807, 2.05) is 31.2 Å². The van der Waals surface area contributed by atoms with Gasteiger partial charge in [0.2, 0.25) is 0 Å². The molecule has 0 aliphatic heterocycles. The number of carbonyl (C=O) groups excluding carboxylic acids is 2. The molecule has 1 rings (SSSR count). The Morgan fingerprint density at radius 2 is 1.30 bits per heavy atom. The van der Waals surface area contributed by atoms with Gasteiger partial charge < -0.3 is 28.4 Å². The lowest BCUT2D eigenvalue weighted by Crippen LogP contribution is -2.12.